The van der Waals surface area contributed by atoms with Gasteiger partial charge in [0.15, 0.2) is 0 Å². The van der Waals surface area contributed by atoms with Crippen LogP contribution in [-0.4, -0.2) is 11.2 Å². The van der Waals surface area contributed by atoms with E-state index in [4.69, 9.17) is 11.6 Å². The monoisotopic (exact) mass is 196 g/mol. The predicted molar refractivity (Wildman–Crippen MR) is 54.2 cm³/mol. The number of hydrogen-bond acceptors (Lipinski definition) is 1. The van der Waals surface area contributed by atoms with Crippen LogP contribution in [0.4, 0.5) is 0 Å². The molecule has 0 saturated carbocycles. The second kappa shape index (κ2) is 3.32. The maximum Gasteiger partial charge on any atom is 0.0609 e. The average molecular weight is 197 g/mol. The molecule has 0 aliphatic heterocycles. The summed E-state index contributed by atoms with van der Waals surface area (Å²) >= 11 is 6.09. The molecule has 0 bridgehead atoms. The zero-order valence-electron chi connectivity index (χ0n) is 7.63. The second-order valence-corrected chi connectivity index (χ2v) is 4.11. The van der Waals surface area contributed by atoms with Crippen molar-refractivity contribution in [3.63, 3.8) is 0 Å². The predicted octanol–water partition coefficient (Wildman–Crippen LogP) is 2.75. The first kappa shape index (κ1) is 9.04. The fourth-order valence-corrected chi connectivity index (χ4v) is 2.42. The molecule has 2 atom stereocenters. The van der Waals surface area contributed by atoms with E-state index in [0.29, 0.717) is 0 Å². The summed E-state index contributed by atoms with van der Waals surface area (Å²) in [6, 6.07) is 5.98. The van der Waals surface area contributed by atoms with E-state index in [0.717, 1.165) is 23.4 Å². The standard InChI is InChI=1S/C11H13ClO/c1-7-10(13)6-5-8-3-2-4-9(12)11(7)8/h2-4,7,10,13H,5-6H2,1H3. The van der Waals surface area contributed by atoms with Gasteiger partial charge in [0.05, 0.1) is 6.10 Å². The van der Waals surface area contributed by atoms with Crippen molar-refractivity contribution in [2.24, 2.45) is 0 Å². The van der Waals surface area contributed by atoms with Crippen molar-refractivity contribution in [1.29, 1.82) is 0 Å². The van der Waals surface area contributed by atoms with Gasteiger partial charge in [-0.05, 0) is 30.0 Å². The van der Waals surface area contributed by atoms with Crippen molar-refractivity contribution in [3.05, 3.63) is 34.3 Å². The molecule has 0 saturated heterocycles. The van der Waals surface area contributed by atoms with Gasteiger partial charge in [0.1, 0.15) is 0 Å². The van der Waals surface area contributed by atoms with Crippen LogP contribution in [0.3, 0.4) is 0 Å². The molecule has 1 N–H and O–H groups in total. The molecular formula is C11H13ClO. The van der Waals surface area contributed by atoms with E-state index in [1.165, 1.54) is 5.56 Å². The van der Waals surface area contributed by atoms with Gasteiger partial charge in [0.2, 0.25) is 0 Å². The number of benzene rings is 1. The highest BCUT2D eigenvalue weighted by Gasteiger charge is 2.25. The Morgan fingerprint density at radius 2 is 2.23 bits per heavy atom. The molecular weight excluding hydrogens is 184 g/mol. The molecule has 0 fully saturated rings. The van der Waals surface area contributed by atoms with Crippen LogP contribution in [0.1, 0.15) is 30.4 Å². The second-order valence-electron chi connectivity index (χ2n) is 3.71. The van der Waals surface area contributed by atoms with Gasteiger partial charge in [0.25, 0.3) is 0 Å². The molecule has 2 unspecified atom stereocenters. The quantitative estimate of drug-likeness (QED) is 0.677. The molecule has 1 nitrogen and oxygen atoms in total. The van der Waals surface area contributed by atoms with E-state index in [-0.39, 0.29) is 12.0 Å². The highest BCUT2D eigenvalue weighted by molar-refractivity contribution is 6.31. The maximum atomic E-state index is 9.69. The van der Waals surface area contributed by atoms with E-state index in [9.17, 15) is 5.11 Å². The van der Waals surface area contributed by atoms with Gasteiger partial charge in [-0.25, -0.2) is 0 Å². The normalized spacial score (nSPS) is 27.0. The smallest absolute Gasteiger partial charge is 0.0609 e. The van der Waals surface area contributed by atoms with Crippen molar-refractivity contribution >= 4 is 11.6 Å². The van der Waals surface area contributed by atoms with Crippen LogP contribution in [0.5, 0.6) is 0 Å². The van der Waals surface area contributed by atoms with Crippen molar-refractivity contribution < 1.29 is 5.11 Å². The van der Waals surface area contributed by atoms with Crippen LogP contribution in [0, 0.1) is 0 Å². The van der Waals surface area contributed by atoms with E-state index in [2.05, 4.69) is 6.07 Å². The number of aliphatic hydroxyl groups is 1. The van der Waals surface area contributed by atoms with E-state index >= 15 is 0 Å². The molecule has 1 aromatic carbocycles. The third kappa shape index (κ3) is 1.47. The lowest BCUT2D eigenvalue weighted by Crippen LogP contribution is -2.23. The Bertz CT molecular complexity index is 322. The number of hydrogen-bond donors (Lipinski definition) is 1. The third-order valence-corrected chi connectivity index (χ3v) is 3.21. The van der Waals surface area contributed by atoms with Gasteiger partial charge >= 0.3 is 0 Å². The van der Waals surface area contributed by atoms with Gasteiger partial charge in [-0.3, -0.25) is 0 Å². The van der Waals surface area contributed by atoms with Crippen LogP contribution >= 0.6 is 11.6 Å². The Hall–Kier alpha value is -0.530. The Balaban J connectivity index is 2.51. The first-order chi connectivity index (χ1) is 6.20. The van der Waals surface area contributed by atoms with Gasteiger partial charge in [-0.1, -0.05) is 30.7 Å². The molecule has 0 spiro atoms. The number of aliphatic hydroxyl groups excluding tert-OH is 1. The Labute approximate surface area is 83.3 Å². The van der Waals surface area contributed by atoms with Gasteiger partial charge in [-0.15, -0.1) is 0 Å². The lowest BCUT2D eigenvalue weighted by molar-refractivity contribution is 0.132. The first-order valence-corrected chi connectivity index (χ1v) is 5.03. The van der Waals surface area contributed by atoms with E-state index in [1.807, 2.05) is 19.1 Å². The molecule has 1 aliphatic carbocycles. The summed E-state index contributed by atoms with van der Waals surface area (Å²) in [5.74, 6) is 0.178. The van der Waals surface area contributed by atoms with Gasteiger partial charge in [0, 0.05) is 10.9 Å². The zero-order valence-corrected chi connectivity index (χ0v) is 8.38. The van der Waals surface area contributed by atoms with Crippen LogP contribution < -0.4 is 0 Å². The number of rotatable bonds is 0. The molecule has 1 aromatic rings. The third-order valence-electron chi connectivity index (χ3n) is 2.89. The lowest BCUT2D eigenvalue weighted by atomic mass is 9.82. The topological polar surface area (TPSA) is 20.2 Å². The number of halogens is 1. The number of fused-ring (bicyclic) bond motifs is 1. The van der Waals surface area contributed by atoms with Crippen molar-refractivity contribution in [1.82, 2.24) is 0 Å². The van der Waals surface area contributed by atoms with Crippen molar-refractivity contribution in [2.45, 2.75) is 31.8 Å². The molecule has 13 heavy (non-hydrogen) atoms. The summed E-state index contributed by atoms with van der Waals surface area (Å²) in [6.07, 6.45) is 1.57. The molecule has 70 valence electrons. The average Bonchev–Trinajstić information content (AvgIpc) is 2.12. The minimum absolute atomic E-state index is 0.178. The highest BCUT2D eigenvalue weighted by Crippen LogP contribution is 2.35. The zero-order chi connectivity index (χ0) is 9.42. The van der Waals surface area contributed by atoms with Crippen LogP contribution in [0.15, 0.2) is 18.2 Å². The summed E-state index contributed by atoms with van der Waals surface area (Å²) < 4.78 is 0. The lowest BCUT2D eigenvalue weighted by Gasteiger charge is -2.28. The largest absolute Gasteiger partial charge is 0.392 e. The molecule has 1 aliphatic rings. The summed E-state index contributed by atoms with van der Waals surface area (Å²) in [6.45, 7) is 2.04. The summed E-state index contributed by atoms with van der Waals surface area (Å²) in [4.78, 5) is 0. The molecule has 2 rings (SSSR count). The Kier molecular flexibility index (Phi) is 2.31. The highest BCUT2D eigenvalue weighted by atomic mass is 35.5. The number of aryl methyl sites for hydroxylation is 1. The fraction of sp³-hybridized carbons (Fsp3) is 0.455. The van der Waals surface area contributed by atoms with Crippen LogP contribution in [-0.2, 0) is 6.42 Å². The summed E-state index contributed by atoms with van der Waals surface area (Å²) in [5, 5.41) is 10.5. The molecule has 2 heteroatoms. The van der Waals surface area contributed by atoms with Crippen molar-refractivity contribution in [3.8, 4) is 0 Å². The van der Waals surface area contributed by atoms with Crippen LogP contribution in [0.2, 0.25) is 5.02 Å². The molecule has 0 radical (unpaired) electrons. The van der Waals surface area contributed by atoms with Gasteiger partial charge < -0.3 is 5.11 Å². The minimum Gasteiger partial charge on any atom is -0.392 e. The SMILES string of the molecule is CC1c2c(Cl)cccc2CCC1O. The van der Waals surface area contributed by atoms with E-state index in [1.54, 1.807) is 0 Å². The summed E-state index contributed by atoms with van der Waals surface area (Å²) in [5.41, 5.74) is 2.44. The van der Waals surface area contributed by atoms with Gasteiger partial charge in [-0.2, -0.15) is 0 Å². The molecule has 0 aromatic heterocycles. The minimum atomic E-state index is -0.229. The molecule has 0 amide bonds. The van der Waals surface area contributed by atoms with Crippen molar-refractivity contribution in [2.75, 3.05) is 0 Å². The first-order valence-electron chi connectivity index (χ1n) is 4.65. The Morgan fingerprint density at radius 1 is 1.46 bits per heavy atom. The fourth-order valence-electron chi connectivity index (χ4n) is 2.06. The summed E-state index contributed by atoms with van der Waals surface area (Å²) in [7, 11) is 0. The van der Waals surface area contributed by atoms with E-state index < -0.39 is 0 Å². The maximum absolute atomic E-state index is 9.69. The van der Waals surface area contributed by atoms with Crippen LogP contribution in [0.25, 0.3) is 0 Å². The molecule has 0 heterocycles. The Morgan fingerprint density at radius 3 is 3.00 bits per heavy atom.